The molecular weight excluding hydrogens is 368 g/mol. The molecule has 0 amide bonds. The molecule has 0 N–H and O–H groups in total. The van der Waals surface area contributed by atoms with E-state index in [1.807, 2.05) is 36.4 Å². The molecular formula is C28H36O2. The number of hydrogen-bond donors (Lipinski definition) is 0. The Hall–Kier alpha value is -2.35. The molecule has 0 saturated heterocycles. The van der Waals surface area contributed by atoms with Crippen LogP contribution in [-0.4, -0.2) is 5.97 Å². The maximum atomic E-state index is 12.5. The van der Waals surface area contributed by atoms with Gasteiger partial charge in [-0.25, -0.2) is 4.79 Å². The van der Waals surface area contributed by atoms with E-state index in [0.29, 0.717) is 17.2 Å². The van der Waals surface area contributed by atoms with Crippen molar-refractivity contribution in [3.8, 4) is 5.75 Å². The molecule has 1 aliphatic rings. The average molecular weight is 405 g/mol. The fourth-order valence-electron chi connectivity index (χ4n) is 4.44. The van der Waals surface area contributed by atoms with E-state index < -0.39 is 0 Å². The van der Waals surface area contributed by atoms with E-state index in [1.165, 1.54) is 56.9 Å². The van der Waals surface area contributed by atoms with Crippen LogP contribution in [0.25, 0.3) is 6.08 Å². The van der Waals surface area contributed by atoms with Gasteiger partial charge in [0.15, 0.2) is 0 Å². The van der Waals surface area contributed by atoms with Crippen molar-refractivity contribution in [3.63, 3.8) is 0 Å². The van der Waals surface area contributed by atoms with Crippen molar-refractivity contribution in [2.45, 2.75) is 77.6 Å². The third kappa shape index (κ3) is 6.58. The van der Waals surface area contributed by atoms with Gasteiger partial charge >= 0.3 is 5.97 Å². The summed E-state index contributed by atoms with van der Waals surface area (Å²) in [4.78, 5) is 12.5. The minimum Gasteiger partial charge on any atom is -0.423 e. The Labute approximate surface area is 182 Å². The van der Waals surface area contributed by atoms with Crippen molar-refractivity contribution in [3.05, 3.63) is 71.3 Å². The quantitative estimate of drug-likeness (QED) is 0.239. The summed E-state index contributed by atoms with van der Waals surface area (Å²) in [7, 11) is 0. The van der Waals surface area contributed by atoms with Crippen molar-refractivity contribution < 1.29 is 9.53 Å². The molecule has 2 aromatic carbocycles. The number of carbonyl (C=O) groups is 1. The lowest BCUT2D eigenvalue weighted by molar-refractivity contribution is 0.0734. The first-order valence-corrected chi connectivity index (χ1v) is 11.8. The Balaban J connectivity index is 1.52. The summed E-state index contributed by atoms with van der Waals surface area (Å²) in [6.45, 7) is 4.48. The molecule has 0 bridgehead atoms. The molecule has 0 heterocycles. The molecule has 0 atom stereocenters. The molecule has 0 aromatic heterocycles. The van der Waals surface area contributed by atoms with E-state index in [1.54, 1.807) is 0 Å². The van der Waals surface area contributed by atoms with Crippen LogP contribution in [0.1, 0.15) is 99.0 Å². The Morgan fingerprint density at radius 1 is 0.933 bits per heavy atom. The Kier molecular flexibility index (Phi) is 8.74. The minimum absolute atomic E-state index is 0.292. The summed E-state index contributed by atoms with van der Waals surface area (Å²) in [6, 6.07) is 15.8. The van der Waals surface area contributed by atoms with Crippen LogP contribution in [0, 0.1) is 5.92 Å². The summed E-state index contributed by atoms with van der Waals surface area (Å²) >= 11 is 0. The number of unbranched alkanes of at least 4 members (excludes halogenated alkanes) is 2. The van der Waals surface area contributed by atoms with E-state index >= 15 is 0 Å². The Morgan fingerprint density at radius 2 is 1.63 bits per heavy atom. The molecule has 2 aromatic rings. The molecule has 0 unspecified atom stereocenters. The highest BCUT2D eigenvalue weighted by atomic mass is 16.5. The summed E-state index contributed by atoms with van der Waals surface area (Å²) in [6.07, 6.45) is 15.7. The number of allylic oxidation sites excluding steroid dienone is 1. The number of rotatable bonds is 9. The van der Waals surface area contributed by atoms with Gasteiger partial charge in [0, 0.05) is 0 Å². The largest absolute Gasteiger partial charge is 0.423 e. The highest BCUT2D eigenvalue weighted by Gasteiger charge is 2.22. The summed E-state index contributed by atoms with van der Waals surface area (Å²) in [5.41, 5.74) is 3.10. The molecule has 30 heavy (non-hydrogen) atoms. The fraction of sp³-hybridized carbons (Fsp3) is 0.464. The zero-order valence-electron chi connectivity index (χ0n) is 18.6. The van der Waals surface area contributed by atoms with E-state index in [4.69, 9.17) is 4.74 Å². The van der Waals surface area contributed by atoms with Gasteiger partial charge in [0.25, 0.3) is 0 Å². The first kappa shape index (κ1) is 22.3. The van der Waals surface area contributed by atoms with Gasteiger partial charge < -0.3 is 4.74 Å². The van der Waals surface area contributed by atoms with Crippen LogP contribution in [0.15, 0.2) is 54.6 Å². The van der Waals surface area contributed by atoms with Gasteiger partial charge in [-0.05, 0) is 79.3 Å². The standard InChI is InChI=1S/C28H36O2/c1-3-5-6-7-9-23-12-20-27(21-13-23)30-28(29)26-18-16-25(17-19-26)24-14-10-22(8-4-2)11-15-24/h7,9,12-13,16-22,24H,3-6,8,10-11,14-15H2,1-2H3/b9-7+. The number of ether oxygens (including phenoxy) is 1. The van der Waals surface area contributed by atoms with Crippen LogP contribution in [0.2, 0.25) is 0 Å². The third-order valence-electron chi connectivity index (χ3n) is 6.29. The van der Waals surface area contributed by atoms with Gasteiger partial charge in [-0.2, -0.15) is 0 Å². The molecule has 1 fully saturated rings. The molecule has 2 heteroatoms. The maximum Gasteiger partial charge on any atom is 0.343 e. The van der Waals surface area contributed by atoms with Gasteiger partial charge in [0.2, 0.25) is 0 Å². The van der Waals surface area contributed by atoms with Crippen molar-refractivity contribution >= 4 is 12.0 Å². The van der Waals surface area contributed by atoms with E-state index in [9.17, 15) is 4.79 Å². The van der Waals surface area contributed by atoms with Gasteiger partial charge in [-0.3, -0.25) is 0 Å². The maximum absolute atomic E-state index is 12.5. The van der Waals surface area contributed by atoms with E-state index in [-0.39, 0.29) is 5.97 Å². The van der Waals surface area contributed by atoms with Crippen molar-refractivity contribution in [1.82, 2.24) is 0 Å². The lowest BCUT2D eigenvalue weighted by Gasteiger charge is -2.28. The Morgan fingerprint density at radius 3 is 2.27 bits per heavy atom. The van der Waals surface area contributed by atoms with Crippen LogP contribution in [0.5, 0.6) is 5.75 Å². The molecule has 1 aliphatic carbocycles. The van der Waals surface area contributed by atoms with Crippen molar-refractivity contribution in [2.75, 3.05) is 0 Å². The normalized spacial score (nSPS) is 19.1. The fourth-order valence-corrected chi connectivity index (χ4v) is 4.44. The smallest absolute Gasteiger partial charge is 0.343 e. The second-order valence-electron chi connectivity index (χ2n) is 8.63. The van der Waals surface area contributed by atoms with E-state index in [0.717, 1.165) is 17.9 Å². The summed E-state index contributed by atoms with van der Waals surface area (Å²) in [5.74, 6) is 1.85. The Bertz CT molecular complexity index is 794. The molecule has 2 nitrogen and oxygen atoms in total. The molecule has 0 spiro atoms. The van der Waals surface area contributed by atoms with Crippen LogP contribution < -0.4 is 4.74 Å². The monoisotopic (exact) mass is 404 g/mol. The van der Waals surface area contributed by atoms with Gasteiger partial charge in [-0.1, -0.05) is 75.9 Å². The molecule has 160 valence electrons. The number of esters is 1. The lowest BCUT2D eigenvalue weighted by Crippen LogP contribution is -2.13. The summed E-state index contributed by atoms with van der Waals surface area (Å²) < 4.78 is 5.56. The first-order valence-electron chi connectivity index (χ1n) is 11.8. The predicted molar refractivity (Wildman–Crippen MR) is 126 cm³/mol. The van der Waals surface area contributed by atoms with Gasteiger partial charge in [-0.15, -0.1) is 0 Å². The molecule has 0 radical (unpaired) electrons. The summed E-state index contributed by atoms with van der Waals surface area (Å²) in [5, 5.41) is 0. The van der Waals surface area contributed by atoms with Crippen molar-refractivity contribution in [2.24, 2.45) is 5.92 Å². The van der Waals surface area contributed by atoms with Crippen LogP contribution in [0.4, 0.5) is 0 Å². The second kappa shape index (κ2) is 11.7. The van der Waals surface area contributed by atoms with Crippen LogP contribution in [0.3, 0.4) is 0 Å². The number of benzene rings is 2. The van der Waals surface area contributed by atoms with E-state index in [2.05, 4.69) is 38.1 Å². The third-order valence-corrected chi connectivity index (χ3v) is 6.29. The number of hydrogen-bond acceptors (Lipinski definition) is 2. The highest BCUT2D eigenvalue weighted by molar-refractivity contribution is 5.91. The van der Waals surface area contributed by atoms with Crippen LogP contribution >= 0.6 is 0 Å². The van der Waals surface area contributed by atoms with Crippen LogP contribution in [-0.2, 0) is 0 Å². The molecule has 1 saturated carbocycles. The second-order valence-corrected chi connectivity index (χ2v) is 8.63. The first-order chi connectivity index (χ1) is 14.7. The zero-order chi connectivity index (χ0) is 21.2. The van der Waals surface area contributed by atoms with Gasteiger partial charge in [0.1, 0.15) is 5.75 Å². The van der Waals surface area contributed by atoms with Gasteiger partial charge in [0.05, 0.1) is 5.56 Å². The predicted octanol–water partition coefficient (Wildman–Crippen LogP) is 8.18. The highest BCUT2D eigenvalue weighted by Crippen LogP contribution is 2.37. The lowest BCUT2D eigenvalue weighted by atomic mass is 9.77. The minimum atomic E-state index is -0.292. The topological polar surface area (TPSA) is 26.3 Å². The SMILES string of the molecule is CCCC/C=C/c1ccc(OC(=O)c2ccc(C3CCC(CCC)CC3)cc2)cc1. The van der Waals surface area contributed by atoms with Crippen molar-refractivity contribution in [1.29, 1.82) is 0 Å². The average Bonchev–Trinajstić information content (AvgIpc) is 2.79. The molecule has 3 rings (SSSR count). The zero-order valence-corrected chi connectivity index (χ0v) is 18.6. The molecule has 0 aliphatic heterocycles. The number of carbonyl (C=O) groups excluding carboxylic acids is 1.